The van der Waals surface area contributed by atoms with Crippen LogP contribution in [0.15, 0.2) is 68.8 Å². The predicted molar refractivity (Wildman–Crippen MR) is 111 cm³/mol. The van der Waals surface area contributed by atoms with Gasteiger partial charge >= 0.3 is 0 Å². The van der Waals surface area contributed by atoms with Crippen LogP contribution in [0, 0.1) is 5.92 Å². The molecule has 0 aromatic heterocycles. The van der Waals surface area contributed by atoms with Gasteiger partial charge in [-0.2, -0.15) is 5.10 Å². The van der Waals surface area contributed by atoms with Gasteiger partial charge in [-0.3, -0.25) is 0 Å². The maximum absolute atomic E-state index is 10.7. The second-order valence-electron chi connectivity index (χ2n) is 7.46. The van der Waals surface area contributed by atoms with Gasteiger partial charge in [0.15, 0.2) is 6.17 Å². The number of hydrogen-bond acceptors (Lipinski definition) is 8. The van der Waals surface area contributed by atoms with E-state index in [1.165, 1.54) is 5.57 Å². The Morgan fingerprint density at radius 1 is 1.14 bits per heavy atom. The van der Waals surface area contributed by atoms with Crippen molar-refractivity contribution >= 4 is 22.8 Å². The van der Waals surface area contributed by atoms with E-state index in [9.17, 15) is 15.3 Å². The average molecular weight is 396 g/mol. The molecular formula is C21H24N4O4. The van der Waals surface area contributed by atoms with Gasteiger partial charge in [-0.05, 0) is 37.1 Å². The van der Waals surface area contributed by atoms with Crippen molar-refractivity contribution in [1.82, 2.24) is 0 Å². The van der Waals surface area contributed by atoms with Crippen molar-refractivity contribution in [3.63, 3.8) is 0 Å². The number of fused-ring (bicyclic) bond motifs is 2. The number of aliphatic hydroxyl groups excluding tert-OH is 4. The number of aliphatic hydroxyl groups is 4. The van der Waals surface area contributed by atoms with Crippen molar-refractivity contribution in [2.24, 2.45) is 21.0 Å². The summed E-state index contributed by atoms with van der Waals surface area (Å²) in [6.07, 6.45) is -1.22. The van der Waals surface area contributed by atoms with Gasteiger partial charge in [-0.15, -0.1) is 0 Å². The first-order valence-electron chi connectivity index (χ1n) is 9.55. The molecule has 0 fully saturated rings. The number of hydrazone groups is 1. The minimum absolute atomic E-state index is 0.126. The van der Waals surface area contributed by atoms with Gasteiger partial charge < -0.3 is 20.4 Å². The number of hydrogen-bond donors (Lipinski definition) is 4. The molecule has 0 saturated carbocycles. The Labute approximate surface area is 168 Å². The number of anilines is 1. The molecule has 1 aliphatic carbocycles. The fourth-order valence-corrected chi connectivity index (χ4v) is 3.51. The molecule has 0 bridgehead atoms. The van der Waals surface area contributed by atoms with Crippen LogP contribution < -0.4 is 5.01 Å². The minimum Gasteiger partial charge on any atom is -0.394 e. The number of rotatable bonds is 5. The van der Waals surface area contributed by atoms with E-state index in [-0.39, 0.29) is 11.6 Å². The fourth-order valence-electron chi connectivity index (χ4n) is 3.51. The lowest BCUT2D eigenvalue weighted by molar-refractivity contribution is -0.0548. The highest BCUT2D eigenvalue weighted by molar-refractivity contribution is 6.49. The number of allylic oxidation sites excluding steroid dienone is 3. The summed E-state index contributed by atoms with van der Waals surface area (Å²) in [5.41, 5.74) is 3.92. The quantitative estimate of drug-likeness (QED) is 0.582. The summed E-state index contributed by atoms with van der Waals surface area (Å²) >= 11 is 0. The van der Waals surface area contributed by atoms with Crippen LogP contribution >= 0.6 is 0 Å². The summed E-state index contributed by atoms with van der Waals surface area (Å²) < 4.78 is 0. The molecule has 152 valence electrons. The molecule has 0 spiro atoms. The highest BCUT2D eigenvalue weighted by atomic mass is 16.4. The Morgan fingerprint density at radius 3 is 2.55 bits per heavy atom. The van der Waals surface area contributed by atoms with E-state index < -0.39 is 31.1 Å². The molecule has 29 heavy (non-hydrogen) atoms. The average Bonchev–Trinajstić information content (AvgIpc) is 3.10. The van der Waals surface area contributed by atoms with Crippen molar-refractivity contribution in [2.75, 3.05) is 11.6 Å². The van der Waals surface area contributed by atoms with Gasteiger partial charge in [0.2, 0.25) is 0 Å². The molecule has 0 amide bonds. The van der Waals surface area contributed by atoms with Crippen LogP contribution in [0.3, 0.4) is 0 Å². The maximum Gasteiger partial charge on any atom is 0.187 e. The van der Waals surface area contributed by atoms with Crippen LogP contribution in [0.1, 0.15) is 13.8 Å². The summed E-state index contributed by atoms with van der Waals surface area (Å²) in [5, 5.41) is 45.9. The third kappa shape index (κ3) is 3.44. The zero-order chi connectivity index (χ0) is 20.7. The predicted octanol–water partition coefficient (Wildman–Crippen LogP) is 0.639. The van der Waals surface area contributed by atoms with E-state index in [2.05, 4.69) is 12.0 Å². The Hall–Kier alpha value is -2.65. The third-order valence-corrected chi connectivity index (χ3v) is 5.41. The Morgan fingerprint density at radius 2 is 1.86 bits per heavy atom. The molecule has 4 rings (SSSR count). The largest absolute Gasteiger partial charge is 0.394 e. The number of para-hydroxylation sites is 1. The van der Waals surface area contributed by atoms with Crippen molar-refractivity contribution in [3.8, 4) is 0 Å². The summed E-state index contributed by atoms with van der Waals surface area (Å²) in [6.45, 7) is 3.43. The smallest absolute Gasteiger partial charge is 0.187 e. The van der Waals surface area contributed by atoms with Crippen LogP contribution in [0.5, 0.6) is 0 Å². The van der Waals surface area contributed by atoms with Gasteiger partial charge in [0, 0.05) is 0 Å². The molecule has 0 radical (unpaired) electrons. The lowest BCUT2D eigenvalue weighted by Gasteiger charge is -2.27. The molecule has 3 aliphatic rings. The van der Waals surface area contributed by atoms with Crippen LogP contribution in [0.2, 0.25) is 0 Å². The molecule has 2 aliphatic heterocycles. The van der Waals surface area contributed by atoms with Gasteiger partial charge in [0.05, 0.1) is 23.7 Å². The van der Waals surface area contributed by atoms with Gasteiger partial charge in [0.25, 0.3) is 0 Å². The standard InChI is InChI=1S/C21H24N4O4/c1-11-8-14-15(9-12(11)2)23-21-18(22-14)17(20(29)19(28)16(27)10-26)24-25(21)13-6-4-3-5-7-13/h3-9,11,16,19-21,26-29H,10H2,1-2H3. The van der Waals surface area contributed by atoms with E-state index in [1.54, 1.807) is 5.01 Å². The monoisotopic (exact) mass is 396 g/mol. The molecular weight excluding hydrogens is 372 g/mol. The molecule has 2 heterocycles. The fraction of sp³-hybridized carbons (Fsp3) is 0.381. The molecule has 5 atom stereocenters. The Bertz CT molecular complexity index is 951. The van der Waals surface area contributed by atoms with Gasteiger partial charge in [-0.1, -0.05) is 30.7 Å². The number of aliphatic imine (C=N–C) groups is 2. The highest BCUT2D eigenvalue weighted by Crippen LogP contribution is 2.32. The topological polar surface area (TPSA) is 121 Å². The lowest BCUT2D eigenvalue weighted by atomic mass is 9.92. The summed E-state index contributed by atoms with van der Waals surface area (Å²) in [5.74, 6) is 0.212. The van der Waals surface area contributed by atoms with Crippen LogP contribution in [-0.4, -0.2) is 68.6 Å². The van der Waals surface area contributed by atoms with Gasteiger partial charge in [0.1, 0.15) is 29.7 Å². The van der Waals surface area contributed by atoms with E-state index in [0.717, 1.165) is 11.4 Å². The molecule has 1 aromatic carbocycles. The summed E-state index contributed by atoms with van der Waals surface area (Å²) in [4.78, 5) is 9.52. The van der Waals surface area contributed by atoms with Gasteiger partial charge in [-0.25, -0.2) is 15.0 Å². The van der Waals surface area contributed by atoms with E-state index in [0.29, 0.717) is 11.4 Å². The molecule has 5 unspecified atom stereocenters. The second kappa shape index (κ2) is 7.64. The van der Waals surface area contributed by atoms with E-state index in [1.807, 2.05) is 49.4 Å². The zero-order valence-corrected chi connectivity index (χ0v) is 16.2. The first-order valence-corrected chi connectivity index (χ1v) is 9.55. The molecule has 4 N–H and O–H groups in total. The molecule has 0 saturated heterocycles. The molecule has 8 nitrogen and oxygen atoms in total. The van der Waals surface area contributed by atoms with Crippen molar-refractivity contribution in [2.45, 2.75) is 38.3 Å². The van der Waals surface area contributed by atoms with E-state index >= 15 is 0 Å². The first-order chi connectivity index (χ1) is 13.9. The minimum atomic E-state index is -1.61. The summed E-state index contributed by atoms with van der Waals surface area (Å²) in [7, 11) is 0. The number of nitrogens with zero attached hydrogens (tertiary/aromatic N) is 4. The van der Waals surface area contributed by atoms with Crippen molar-refractivity contribution in [3.05, 3.63) is 53.8 Å². The van der Waals surface area contributed by atoms with Crippen LogP contribution in [0.4, 0.5) is 5.69 Å². The molecule has 8 heteroatoms. The third-order valence-electron chi connectivity index (χ3n) is 5.41. The summed E-state index contributed by atoms with van der Waals surface area (Å²) in [6, 6.07) is 9.36. The van der Waals surface area contributed by atoms with Crippen molar-refractivity contribution < 1.29 is 20.4 Å². The SMILES string of the molecule is CC1=CC2=NC3C(=NC2=CC1C)C(C(O)C(O)C(O)CO)=NN3c1ccccc1. The lowest BCUT2D eigenvalue weighted by Crippen LogP contribution is -2.47. The van der Waals surface area contributed by atoms with Crippen LogP contribution in [0.25, 0.3) is 0 Å². The Balaban J connectivity index is 1.78. The molecule has 1 aromatic rings. The normalized spacial score (nSPS) is 26.3. The first kappa shape index (κ1) is 19.7. The highest BCUT2D eigenvalue weighted by Gasteiger charge is 2.43. The van der Waals surface area contributed by atoms with E-state index in [4.69, 9.17) is 15.1 Å². The van der Waals surface area contributed by atoms with Crippen molar-refractivity contribution in [1.29, 1.82) is 0 Å². The second-order valence-corrected chi connectivity index (χ2v) is 7.46. The number of benzene rings is 1. The zero-order valence-electron chi connectivity index (χ0n) is 16.2. The van der Waals surface area contributed by atoms with Crippen LogP contribution in [-0.2, 0) is 0 Å². The maximum atomic E-state index is 10.7. The Kier molecular flexibility index (Phi) is 5.18.